The summed E-state index contributed by atoms with van der Waals surface area (Å²) in [6.07, 6.45) is 2.10. The van der Waals surface area contributed by atoms with E-state index in [0.717, 1.165) is 5.69 Å². The zero-order chi connectivity index (χ0) is 20.4. The lowest BCUT2D eigenvalue weighted by Gasteiger charge is -2.36. The molecule has 2 N–H and O–H groups in total. The van der Waals surface area contributed by atoms with Crippen molar-refractivity contribution >= 4 is 27.9 Å². The van der Waals surface area contributed by atoms with E-state index in [4.69, 9.17) is 4.74 Å². The number of imidazole rings is 1. The van der Waals surface area contributed by atoms with Crippen LogP contribution in [-0.4, -0.2) is 46.6 Å². The molecule has 7 nitrogen and oxygen atoms in total. The van der Waals surface area contributed by atoms with E-state index >= 15 is 0 Å². The molecule has 0 radical (unpaired) electrons. The molecule has 1 aliphatic rings. The van der Waals surface area contributed by atoms with Crippen LogP contribution in [0.15, 0.2) is 29.0 Å². The lowest BCUT2D eigenvalue weighted by atomic mass is 9.95. The highest BCUT2D eigenvalue weighted by atomic mass is 79.9. The van der Waals surface area contributed by atoms with Crippen molar-refractivity contribution in [1.29, 1.82) is 0 Å². The first-order valence-corrected chi connectivity index (χ1v) is 9.74. The van der Waals surface area contributed by atoms with Gasteiger partial charge in [-0.3, -0.25) is 0 Å². The van der Waals surface area contributed by atoms with Crippen molar-refractivity contribution < 1.29 is 18.7 Å². The Morgan fingerprint density at radius 3 is 2.82 bits per heavy atom. The minimum Gasteiger partial charge on any atom is -0.467 e. The maximum atomic E-state index is 14.7. The van der Waals surface area contributed by atoms with Gasteiger partial charge in [0.05, 0.1) is 19.1 Å². The molecule has 2 amide bonds. The third-order valence-corrected chi connectivity index (χ3v) is 5.34. The quantitative estimate of drug-likeness (QED) is 0.697. The Labute approximate surface area is 170 Å². The summed E-state index contributed by atoms with van der Waals surface area (Å²) >= 11 is 3.26. The SMILES string of the molecule is COC(=O)[C@@H](NC(=O)N1CCc2[nH]cnc2[C@H]1c1ccc(Br)cc1F)C(C)C. The average molecular weight is 453 g/mol. The van der Waals surface area contributed by atoms with Crippen LogP contribution in [0.1, 0.15) is 36.8 Å². The lowest BCUT2D eigenvalue weighted by Crippen LogP contribution is -2.53. The van der Waals surface area contributed by atoms with Crippen molar-refractivity contribution in [1.82, 2.24) is 20.2 Å². The van der Waals surface area contributed by atoms with Gasteiger partial charge < -0.3 is 19.9 Å². The number of hydrogen-bond donors (Lipinski definition) is 2. The molecule has 0 saturated carbocycles. The number of benzene rings is 1. The van der Waals surface area contributed by atoms with Crippen LogP contribution < -0.4 is 5.32 Å². The van der Waals surface area contributed by atoms with Gasteiger partial charge in [0.1, 0.15) is 17.9 Å². The Bertz CT molecular complexity index is 886. The van der Waals surface area contributed by atoms with E-state index < -0.39 is 29.9 Å². The molecular formula is C19H22BrFN4O3. The second kappa shape index (κ2) is 8.30. The van der Waals surface area contributed by atoms with Crippen LogP contribution in [0.4, 0.5) is 9.18 Å². The first kappa shape index (κ1) is 20.3. The number of carbonyl (C=O) groups excluding carboxylic acids is 2. The Hall–Kier alpha value is -2.42. The highest BCUT2D eigenvalue weighted by molar-refractivity contribution is 9.10. The molecule has 1 aliphatic heterocycles. The Balaban J connectivity index is 1.96. The van der Waals surface area contributed by atoms with Crippen LogP contribution in [0.2, 0.25) is 0 Å². The number of amides is 2. The normalized spacial score (nSPS) is 17.2. The molecule has 2 heterocycles. The summed E-state index contributed by atoms with van der Waals surface area (Å²) in [4.78, 5) is 34.0. The number of methoxy groups -OCH3 is 1. The van der Waals surface area contributed by atoms with Crippen molar-refractivity contribution in [2.24, 2.45) is 5.92 Å². The molecule has 3 rings (SSSR count). The van der Waals surface area contributed by atoms with E-state index in [1.807, 2.05) is 13.8 Å². The van der Waals surface area contributed by atoms with Gasteiger partial charge in [-0.2, -0.15) is 0 Å². The zero-order valence-electron chi connectivity index (χ0n) is 15.8. The topological polar surface area (TPSA) is 87.3 Å². The van der Waals surface area contributed by atoms with Crippen molar-refractivity contribution in [3.63, 3.8) is 0 Å². The number of hydrogen-bond acceptors (Lipinski definition) is 4. The molecule has 150 valence electrons. The lowest BCUT2D eigenvalue weighted by molar-refractivity contribution is -0.144. The van der Waals surface area contributed by atoms with Crippen molar-refractivity contribution in [3.8, 4) is 0 Å². The molecule has 0 spiro atoms. The molecule has 0 bridgehead atoms. The number of urea groups is 1. The average Bonchev–Trinajstić information content (AvgIpc) is 3.13. The van der Waals surface area contributed by atoms with Gasteiger partial charge in [0, 0.05) is 28.7 Å². The fourth-order valence-corrected chi connectivity index (χ4v) is 3.71. The molecule has 9 heteroatoms. The molecular weight excluding hydrogens is 431 g/mol. The van der Waals surface area contributed by atoms with Crippen LogP contribution in [-0.2, 0) is 16.0 Å². The standard InChI is InChI=1S/C19H22BrFN4O3/c1-10(2)15(18(26)28-3)24-19(27)25-7-6-14-16(23-9-22-14)17(25)12-5-4-11(20)8-13(12)21/h4-5,8-10,15,17H,6-7H2,1-3H3,(H,22,23)(H,24,27)/t15-,17+/m0/s1. The van der Waals surface area contributed by atoms with Crippen LogP contribution >= 0.6 is 15.9 Å². The minimum atomic E-state index is -0.798. The molecule has 0 saturated heterocycles. The van der Waals surface area contributed by atoms with Gasteiger partial charge in [-0.15, -0.1) is 0 Å². The Morgan fingerprint density at radius 2 is 2.18 bits per heavy atom. The number of esters is 1. The van der Waals surface area contributed by atoms with E-state index in [-0.39, 0.29) is 5.92 Å². The molecule has 1 aromatic carbocycles. The largest absolute Gasteiger partial charge is 0.467 e. The van der Waals surface area contributed by atoms with Crippen LogP contribution in [0.3, 0.4) is 0 Å². The molecule has 0 unspecified atom stereocenters. The van der Waals surface area contributed by atoms with Crippen molar-refractivity contribution in [2.75, 3.05) is 13.7 Å². The number of nitrogens with zero attached hydrogens (tertiary/aromatic N) is 2. The number of halogens is 2. The summed E-state index contributed by atoms with van der Waals surface area (Å²) in [5.41, 5.74) is 1.80. The van der Waals surface area contributed by atoms with Crippen molar-refractivity contribution in [3.05, 3.63) is 51.8 Å². The number of aromatic amines is 1. The number of ether oxygens (including phenoxy) is 1. The first-order valence-electron chi connectivity index (χ1n) is 8.95. The number of H-pyrrole nitrogens is 1. The fraction of sp³-hybridized carbons (Fsp3) is 0.421. The second-order valence-corrected chi connectivity index (χ2v) is 7.89. The van der Waals surface area contributed by atoms with Crippen LogP contribution in [0.25, 0.3) is 0 Å². The predicted octanol–water partition coefficient (Wildman–Crippen LogP) is 3.17. The zero-order valence-corrected chi connectivity index (χ0v) is 17.4. The third-order valence-electron chi connectivity index (χ3n) is 4.84. The Morgan fingerprint density at radius 1 is 1.43 bits per heavy atom. The molecule has 0 aliphatic carbocycles. The van der Waals surface area contributed by atoms with Gasteiger partial charge in [-0.1, -0.05) is 35.8 Å². The van der Waals surface area contributed by atoms with Crippen LogP contribution in [0.5, 0.6) is 0 Å². The molecule has 2 atom stereocenters. The summed E-state index contributed by atoms with van der Waals surface area (Å²) in [5.74, 6) is -1.13. The number of fused-ring (bicyclic) bond motifs is 1. The summed E-state index contributed by atoms with van der Waals surface area (Å²) in [7, 11) is 1.28. The minimum absolute atomic E-state index is 0.162. The van der Waals surface area contributed by atoms with Gasteiger partial charge in [0.2, 0.25) is 0 Å². The second-order valence-electron chi connectivity index (χ2n) is 6.97. The summed E-state index contributed by atoms with van der Waals surface area (Å²) < 4.78 is 20.1. The van der Waals surface area contributed by atoms with Gasteiger partial charge in [0.15, 0.2) is 0 Å². The first-order chi connectivity index (χ1) is 13.3. The van der Waals surface area contributed by atoms with E-state index in [1.54, 1.807) is 18.5 Å². The smallest absolute Gasteiger partial charge is 0.328 e. The van der Waals surface area contributed by atoms with Gasteiger partial charge in [-0.25, -0.2) is 19.0 Å². The van der Waals surface area contributed by atoms with E-state index in [0.29, 0.717) is 28.7 Å². The van der Waals surface area contributed by atoms with E-state index in [9.17, 15) is 14.0 Å². The maximum absolute atomic E-state index is 14.7. The highest BCUT2D eigenvalue weighted by Crippen LogP contribution is 2.35. The summed E-state index contributed by atoms with van der Waals surface area (Å²) in [6, 6.07) is 2.75. The molecule has 28 heavy (non-hydrogen) atoms. The number of nitrogens with one attached hydrogen (secondary N) is 2. The number of aromatic nitrogens is 2. The third kappa shape index (κ3) is 3.89. The van der Waals surface area contributed by atoms with E-state index in [2.05, 4.69) is 31.2 Å². The molecule has 2 aromatic rings. The van der Waals surface area contributed by atoms with Crippen LogP contribution in [0, 0.1) is 11.7 Å². The number of carbonyl (C=O) groups is 2. The van der Waals surface area contributed by atoms with Gasteiger partial charge in [0.25, 0.3) is 0 Å². The van der Waals surface area contributed by atoms with Gasteiger partial charge in [-0.05, 0) is 18.1 Å². The van der Waals surface area contributed by atoms with Gasteiger partial charge >= 0.3 is 12.0 Å². The highest BCUT2D eigenvalue weighted by Gasteiger charge is 2.37. The maximum Gasteiger partial charge on any atom is 0.328 e. The molecule has 1 aromatic heterocycles. The summed E-state index contributed by atoms with van der Waals surface area (Å²) in [6.45, 7) is 3.98. The Kier molecular flexibility index (Phi) is 6.02. The fourth-order valence-electron chi connectivity index (χ4n) is 3.37. The molecule has 0 fully saturated rings. The summed E-state index contributed by atoms with van der Waals surface area (Å²) in [5, 5.41) is 2.73. The number of rotatable bonds is 4. The monoisotopic (exact) mass is 452 g/mol. The van der Waals surface area contributed by atoms with Crippen molar-refractivity contribution in [2.45, 2.75) is 32.4 Å². The van der Waals surface area contributed by atoms with E-state index in [1.165, 1.54) is 18.1 Å². The predicted molar refractivity (Wildman–Crippen MR) is 104 cm³/mol.